The highest BCUT2D eigenvalue weighted by molar-refractivity contribution is 5.71. The van der Waals surface area contributed by atoms with Crippen molar-refractivity contribution in [3.05, 3.63) is 71.8 Å². The van der Waals surface area contributed by atoms with E-state index in [-0.39, 0.29) is 11.9 Å². The summed E-state index contributed by atoms with van der Waals surface area (Å²) in [4.78, 5) is 11.9. The van der Waals surface area contributed by atoms with Crippen molar-refractivity contribution in [3.8, 4) is 0 Å². The minimum Gasteiger partial charge on any atom is -0.461 e. The van der Waals surface area contributed by atoms with E-state index >= 15 is 0 Å². The molecule has 0 saturated carbocycles. The molecule has 2 aromatic carbocycles. The lowest BCUT2D eigenvalue weighted by Gasteiger charge is -2.12. The first kappa shape index (κ1) is 16.2. The van der Waals surface area contributed by atoms with Crippen molar-refractivity contribution in [2.45, 2.75) is 26.6 Å². The second-order valence-corrected chi connectivity index (χ2v) is 5.32. The predicted molar refractivity (Wildman–Crippen MR) is 86.1 cm³/mol. The molecular formula is C19H22O3. The minimum absolute atomic E-state index is 0.153. The molecule has 0 spiro atoms. The Morgan fingerprint density at radius 1 is 0.909 bits per heavy atom. The highest BCUT2D eigenvalue weighted by Crippen LogP contribution is 2.09. The van der Waals surface area contributed by atoms with Crippen LogP contribution in [0.5, 0.6) is 0 Å². The average Bonchev–Trinajstić information content (AvgIpc) is 2.58. The van der Waals surface area contributed by atoms with Crippen LogP contribution in [0, 0.1) is 5.92 Å². The van der Waals surface area contributed by atoms with Crippen molar-refractivity contribution in [2.75, 3.05) is 6.61 Å². The van der Waals surface area contributed by atoms with Gasteiger partial charge in [-0.15, -0.1) is 0 Å². The summed E-state index contributed by atoms with van der Waals surface area (Å²) in [6.07, 6.45) is 0.667. The van der Waals surface area contributed by atoms with Crippen LogP contribution in [0.4, 0.5) is 0 Å². The van der Waals surface area contributed by atoms with Gasteiger partial charge in [-0.2, -0.15) is 0 Å². The molecule has 2 rings (SSSR count). The molecule has 1 unspecified atom stereocenters. The fraction of sp³-hybridized carbons (Fsp3) is 0.316. The predicted octanol–water partition coefficient (Wildman–Crippen LogP) is 3.97. The summed E-state index contributed by atoms with van der Waals surface area (Å²) in [5.74, 6) is -0.327. The Labute approximate surface area is 131 Å². The zero-order valence-electron chi connectivity index (χ0n) is 12.9. The van der Waals surface area contributed by atoms with Gasteiger partial charge in [-0.1, -0.05) is 67.6 Å². The van der Waals surface area contributed by atoms with Gasteiger partial charge < -0.3 is 9.47 Å². The zero-order chi connectivity index (χ0) is 15.6. The lowest BCUT2D eigenvalue weighted by molar-refractivity contribution is -0.150. The summed E-state index contributed by atoms with van der Waals surface area (Å²) in [7, 11) is 0. The van der Waals surface area contributed by atoms with Crippen LogP contribution in [0.1, 0.15) is 24.5 Å². The topological polar surface area (TPSA) is 35.5 Å². The Morgan fingerprint density at radius 3 is 2.05 bits per heavy atom. The van der Waals surface area contributed by atoms with Crippen LogP contribution in [0.3, 0.4) is 0 Å². The Kier molecular flexibility index (Phi) is 6.65. The SMILES string of the molecule is CC(CCOCc1ccccc1)C(=O)OCc1ccccc1. The maximum atomic E-state index is 11.9. The number of benzene rings is 2. The van der Waals surface area contributed by atoms with Crippen LogP contribution in [0.2, 0.25) is 0 Å². The van der Waals surface area contributed by atoms with Crippen LogP contribution >= 0.6 is 0 Å². The highest BCUT2D eigenvalue weighted by atomic mass is 16.5. The Balaban J connectivity index is 1.62. The van der Waals surface area contributed by atoms with Crippen molar-refractivity contribution in [3.63, 3.8) is 0 Å². The van der Waals surface area contributed by atoms with E-state index in [0.717, 1.165) is 11.1 Å². The van der Waals surface area contributed by atoms with E-state index in [2.05, 4.69) is 0 Å². The van der Waals surface area contributed by atoms with E-state index in [4.69, 9.17) is 9.47 Å². The fourth-order valence-corrected chi connectivity index (χ4v) is 2.01. The Bertz CT molecular complexity index is 551. The molecule has 0 aliphatic carbocycles. The van der Waals surface area contributed by atoms with Crippen molar-refractivity contribution in [1.29, 1.82) is 0 Å². The molecule has 0 aromatic heterocycles. The van der Waals surface area contributed by atoms with E-state index in [1.165, 1.54) is 0 Å². The number of carbonyl (C=O) groups excluding carboxylic acids is 1. The van der Waals surface area contributed by atoms with Crippen LogP contribution in [-0.4, -0.2) is 12.6 Å². The average molecular weight is 298 g/mol. The summed E-state index contributed by atoms with van der Waals surface area (Å²) in [6, 6.07) is 19.7. The molecule has 0 heterocycles. The summed E-state index contributed by atoms with van der Waals surface area (Å²) >= 11 is 0. The third kappa shape index (κ3) is 5.70. The van der Waals surface area contributed by atoms with E-state index < -0.39 is 0 Å². The maximum absolute atomic E-state index is 11.9. The molecule has 3 heteroatoms. The standard InChI is InChI=1S/C19H22O3/c1-16(12-13-21-14-17-8-4-2-5-9-17)19(20)22-15-18-10-6-3-7-11-18/h2-11,16H,12-15H2,1H3. The first-order valence-electron chi connectivity index (χ1n) is 7.58. The summed E-state index contributed by atoms with van der Waals surface area (Å²) < 4.78 is 10.9. The van der Waals surface area contributed by atoms with E-state index in [0.29, 0.717) is 26.2 Å². The number of hydrogen-bond acceptors (Lipinski definition) is 3. The number of esters is 1. The van der Waals surface area contributed by atoms with Crippen LogP contribution in [-0.2, 0) is 27.5 Å². The molecule has 0 amide bonds. The van der Waals surface area contributed by atoms with Gasteiger partial charge in [0.05, 0.1) is 12.5 Å². The second kappa shape index (κ2) is 9.00. The van der Waals surface area contributed by atoms with Gasteiger partial charge in [0.1, 0.15) is 6.61 Å². The molecule has 0 fully saturated rings. The van der Waals surface area contributed by atoms with Gasteiger partial charge in [-0.3, -0.25) is 4.79 Å². The molecule has 0 aliphatic rings. The second-order valence-electron chi connectivity index (χ2n) is 5.32. The molecule has 116 valence electrons. The van der Waals surface area contributed by atoms with Crippen molar-refractivity contribution < 1.29 is 14.3 Å². The van der Waals surface area contributed by atoms with Crippen molar-refractivity contribution >= 4 is 5.97 Å². The molecule has 3 nitrogen and oxygen atoms in total. The zero-order valence-corrected chi connectivity index (χ0v) is 12.9. The van der Waals surface area contributed by atoms with Crippen molar-refractivity contribution in [1.82, 2.24) is 0 Å². The maximum Gasteiger partial charge on any atom is 0.309 e. The molecular weight excluding hydrogens is 276 g/mol. The number of carbonyl (C=O) groups is 1. The van der Waals surface area contributed by atoms with Gasteiger partial charge in [0.25, 0.3) is 0 Å². The first-order chi connectivity index (χ1) is 10.8. The number of hydrogen-bond donors (Lipinski definition) is 0. The van der Waals surface area contributed by atoms with Gasteiger partial charge in [-0.05, 0) is 17.5 Å². The normalized spacial score (nSPS) is 11.9. The van der Waals surface area contributed by atoms with Crippen LogP contribution in [0.25, 0.3) is 0 Å². The largest absolute Gasteiger partial charge is 0.461 e. The van der Waals surface area contributed by atoms with E-state index in [1.807, 2.05) is 67.6 Å². The summed E-state index contributed by atoms with van der Waals surface area (Å²) in [6.45, 7) is 3.33. The molecule has 0 aliphatic heterocycles. The first-order valence-corrected chi connectivity index (χ1v) is 7.58. The lowest BCUT2D eigenvalue weighted by atomic mass is 10.1. The lowest BCUT2D eigenvalue weighted by Crippen LogP contribution is -2.16. The third-order valence-electron chi connectivity index (χ3n) is 3.43. The molecule has 22 heavy (non-hydrogen) atoms. The third-order valence-corrected chi connectivity index (χ3v) is 3.43. The van der Waals surface area contributed by atoms with Gasteiger partial charge in [0.15, 0.2) is 0 Å². The molecule has 0 N–H and O–H groups in total. The Morgan fingerprint density at radius 2 is 1.45 bits per heavy atom. The number of ether oxygens (including phenoxy) is 2. The van der Waals surface area contributed by atoms with Gasteiger partial charge in [0, 0.05) is 6.61 Å². The van der Waals surface area contributed by atoms with Gasteiger partial charge in [0.2, 0.25) is 0 Å². The Hall–Kier alpha value is -2.13. The summed E-state index contributed by atoms with van der Waals surface area (Å²) in [5, 5.41) is 0. The molecule has 2 aromatic rings. The van der Waals surface area contributed by atoms with Gasteiger partial charge in [-0.25, -0.2) is 0 Å². The van der Waals surface area contributed by atoms with Crippen molar-refractivity contribution in [2.24, 2.45) is 5.92 Å². The molecule has 0 saturated heterocycles. The minimum atomic E-state index is -0.174. The smallest absolute Gasteiger partial charge is 0.309 e. The number of rotatable bonds is 8. The van der Waals surface area contributed by atoms with Crippen LogP contribution < -0.4 is 0 Å². The van der Waals surface area contributed by atoms with E-state index in [9.17, 15) is 4.79 Å². The monoisotopic (exact) mass is 298 g/mol. The summed E-state index contributed by atoms with van der Waals surface area (Å²) in [5.41, 5.74) is 2.14. The molecule has 0 bridgehead atoms. The highest BCUT2D eigenvalue weighted by Gasteiger charge is 2.14. The molecule has 1 atom stereocenters. The van der Waals surface area contributed by atoms with Crippen LogP contribution in [0.15, 0.2) is 60.7 Å². The van der Waals surface area contributed by atoms with Gasteiger partial charge >= 0.3 is 5.97 Å². The van der Waals surface area contributed by atoms with E-state index in [1.54, 1.807) is 0 Å². The fourth-order valence-electron chi connectivity index (χ4n) is 2.01. The quantitative estimate of drug-likeness (QED) is 0.546. The molecule has 0 radical (unpaired) electrons.